The molecule has 160 valence electrons. The minimum atomic E-state index is -0.439. The molecule has 1 aliphatic heterocycles. The molecule has 1 aliphatic rings. The number of carbonyl (C=O) groups is 2. The summed E-state index contributed by atoms with van der Waals surface area (Å²) >= 11 is 7.37. The number of amides is 2. The van der Waals surface area contributed by atoms with E-state index >= 15 is 0 Å². The van der Waals surface area contributed by atoms with Gasteiger partial charge in [0, 0.05) is 18.0 Å². The lowest BCUT2D eigenvalue weighted by Crippen LogP contribution is -2.31. The number of thioether (sulfide) groups is 1. The molecule has 6 nitrogen and oxygen atoms in total. The largest absolute Gasteiger partial charge is 0.495 e. The SMILES string of the molecule is COc1ccc([C@H]2CC(=O)NC(SCC(=O)Nc3c(C)cccc3C)=C2C#N)cc1Cl. The third kappa shape index (κ3) is 5.22. The number of carbonyl (C=O) groups excluding carboxylic acids is 2. The number of nitrogens with one attached hydrogen (secondary N) is 2. The number of ether oxygens (including phenoxy) is 1. The molecule has 2 aromatic carbocycles. The fourth-order valence-corrected chi connectivity index (χ4v) is 4.59. The third-order valence-corrected chi connectivity index (χ3v) is 6.34. The molecule has 1 heterocycles. The van der Waals surface area contributed by atoms with E-state index in [0.717, 1.165) is 34.1 Å². The van der Waals surface area contributed by atoms with Crippen molar-refractivity contribution in [3.05, 3.63) is 68.7 Å². The number of nitrogens with zero attached hydrogens (tertiary/aromatic N) is 1. The zero-order valence-electron chi connectivity index (χ0n) is 17.4. The van der Waals surface area contributed by atoms with Gasteiger partial charge < -0.3 is 15.4 Å². The van der Waals surface area contributed by atoms with Crippen molar-refractivity contribution in [2.24, 2.45) is 0 Å². The van der Waals surface area contributed by atoms with Crippen LogP contribution in [0.4, 0.5) is 5.69 Å². The number of halogens is 1. The van der Waals surface area contributed by atoms with Gasteiger partial charge in [0.15, 0.2) is 0 Å². The second-order valence-corrected chi connectivity index (χ2v) is 8.55. The highest BCUT2D eigenvalue weighted by molar-refractivity contribution is 8.03. The summed E-state index contributed by atoms with van der Waals surface area (Å²) in [5.41, 5.74) is 3.87. The first-order valence-corrected chi connectivity index (χ1v) is 11.0. The van der Waals surface area contributed by atoms with Gasteiger partial charge in [0.05, 0.1) is 34.6 Å². The lowest BCUT2D eigenvalue weighted by molar-refractivity contribution is -0.121. The normalized spacial score (nSPS) is 15.8. The average molecular weight is 456 g/mol. The molecule has 0 radical (unpaired) electrons. The Labute approximate surface area is 190 Å². The van der Waals surface area contributed by atoms with Crippen molar-refractivity contribution in [3.63, 3.8) is 0 Å². The maximum atomic E-state index is 12.5. The Hall–Kier alpha value is -2.95. The van der Waals surface area contributed by atoms with Gasteiger partial charge in [0.25, 0.3) is 0 Å². The van der Waals surface area contributed by atoms with Crippen molar-refractivity contribution in [1.29, 1.82) is 5.26 Å². The standard InChI is InChI=1S/C23H22ClN3O3S/c1-13-5-4-6-14(2)22(13)26-21(29)12-31-23-17(11-25)16(10-20(28)27-23)15-7-8-19(30-3)18(24)9-15/h4-9,16H,10,12H2,1-3H3,(H,26,29)(H,27,28)/t16-/m1/s1. The number of aryl methyl sites for hydroxylation is 2. The maximum absolute atomic E-state index is 12.5. The summed E-state index contributed by atoms with van der Waals surface area (Å²) in [5.74, 6) is -0.285. The van der Waals surface area contributed by atoms with Gasteiger partial charge in [0.1, 0.15) is 5.75 Å². The average Bonchev–Trinajstić information content (AvgIpc) is 2.74. The minimum Gasteiger partial charge on any atom is -0.495 e. The van der Waals surface area contributed by atoms with Gasteiger partial charge in [-0.3, -0.25) is 9.59 Å². The minimum absolute atomic E-state index is 0.0602. The number of para-hydroxylation sites is 1. The molecule has 1 atom stereocenters. The number of nitriles is 1. The molecule has 0 aromatic heterocycles. The van der Waals surface area contributed by atoms with Crippen LogP contribution in [0, 0.1) is 25.2 Å². The van der Waals surface area contributed by atoms with Gasteiger partial charge in [-0.15, -0.1) is 0 Å². The van der Waals surface area contributed by atoms with E-state index in [-0.39, 0.29) is 24.0 Å². The summed E-state index contributed by atoms with van der Waals surface area (Å²) in [6.07, 6.45) is 0.129. The second kappa shape index (κ2) is 9.90. The van der Waals surface area contributed by atoms with Gasteiger partial charge in [-0.25, -0.2) is 0 Å². The van der Waals surface area contributed by atoms with Crippen molar-refractivity contribution < 1.29 is 14.3 Å². The fourth-order valence-electron chi connectivity index (χ4n) is 3.44. The Morgan fingerprint density at radius 3 is 2.65 bits per heavy atom. The van der Waals surface area contributed by atoms with Crippen LogP contribution in [0.3, 0.4) is 0 Å². The number of rotatable bonds is 6. The molecular formula is C23H22ClN3O3S. The summed E-state index contributed by atoms with van der Waals surface area (Å²) in [6, 6.07) is 13.2. The summed E-state index contributed by atoms with van der Waals surface area (Å²) in [5, 5.41) is 16.3. The molecule has 3 rings (SSSR count). The molecule has 0 aliphatic carbocycles. The first-order valence-electron chi connectivity index (χ1n) is 9.60. The summed E-state index contributed by atoms with van der Waals surface area (Å²) < 4.78 is 5.18. The molecule has 0 unspecified atom stereocenters. The summed E-state index contributed by atoms with van der Waals surface area (Å²) in [4.78, 5) is 24.8. The zero-order chi connectivity index (χ0) is 22.5. The van der Waals surface area contributed by atoms with Gasteiger partial charge in [-0.1, -0.05) is 47.6 Å². The Balaban J connectivity index is 1.80. The van der Waals surface area contributed by atoms with E-state index in [2.05, 4.69) is 16.7 Å². The number of methoxy groups -OCH3 is 1. The van der Waals surface area contributed by atoms with Crippen molar-refractivity contribution in [3.8, 4) is 11.8 Å². The van der Waals surface area contributed by atoms with Crippen LogP contribution in [0.5, 0.6) is 5.75 Å². The zero-order valence-corrected chi connectivity index (χ0v) is 19.0. The molecule has 2 amide bonds. The van der Waals surface area contributed by atoms with E-state index in [1.165, 1.54) is 7.11 Å². The molecule has 0 fully saturated rings. The van der Waals surface area contributed by atoms with E-state index in [0.29, 0.717) is 21.4 Å². The molecule has 0 spiro atoms. The maximum Gasteiger partial charge on any atom is 0.234 e. The third-order valence-electron chi connectivity index (χ3n) is 5.03. The second-order valence-electron chi connectivity index (χ2n) is 7.16. The van der Waals surface area contributed by atoms with Gasteiger partial charge in [0.2, 0.25) is 11.8 Å². The number of hydrogen-bond donors (Lipinski definition) is 2. The number of allylic oxidation sites excluding steroid dienone is 1. The molecule has 8 heteroatoms. The van der Waals surface area contributed by atoms with E-state index in [1.54, 1.807) is 18.2 Å². The van der Waals surface area contributed by atoms with Gasteiger partial charge >= 0.3 is 0 Å². The van der Waals surface area contributed by atoms with E-state index in [4.69, 9.17) is 16.3 Å². The molecule has 31 heavy (non-hydrogen) atoms. The van der Waals surface area contributed by atoms with Crippen LogP contribution in [0.15, 0.2) is 47.0 Å². The molecule has 0 saturated carbocycles. The summed E-state index contributed by atoms with van der Waals surface area (Å²) in [7, 11) is 1.52. The fraction of sp³-hybridized carbons (Fsp3) is 0.261. The highest BCUT2D eigenvalue weighted by Gasteiger charge is 2.30. The van der Waals surface area contributed by atoms with Crippen LogP contribution in [0.2, 0.25) is 5.02 Å². The lowest BCUT2D eigenvalue weighted by atomic mass is 9.87. The Morgan fingerprint density at radius 1 is 1.32 bits per heavy atom. The van der Waals surface area contributed by atoms with Gasteiger partial charge in [-0.05, 0) is 42.7 Å². The number of hydrogen-bond acceptors (Lipinski definition) is 5. The van der Waals surface area contributed by atoms with E-state index in [1.807, 2.05) is 32.0 Å². The molecule has 2 N–H and O–H groups in total. The molecule has 2 aromatic rings. The van der Waals surface area contributed by atoms with E-state index in [9.17, 15) is 14.9 Å². The highest BCUT2D eigenvalue weighted by atomic mass is 35.5. The summed E-state index contributed by atoms with van der Waals surface area (Å²) in [6.45, 7) is 3.86. The van der Waals surface area contributed by atoms with Gasteiger partial charge in [-0.2, -0.15) is 5.26 Å². The first kappa shape index (κ1) is 22.7. The topological polar surface area (TPSA) is 91.2 Å². The van der Waals surface area contributed by atoms with Crippen LogP contribution in [0.25, 0.3) is 0 Å². The number of benzene rings is 2. The Morgan fingerprint density at radius 2 is 2.03 bits per heavy atom. The van der Waals surface area contributed by atoms with Crippen molar-refractivity contribution in [2.75, 3.05) is 18.2 Å². The van der Waals surface area contributed by atoms with Crippen molar-refractivity contribution >= 4 is 40.9 Å². The molecular weight excluding hydrogens is 434 g/mol. The first-order chi connectivity index (χ1) is 14.8. The highest BCUT2D eigenvalue weighted by Crippen LogP contribution is 2.38. The lowest BCUT2D eigenvalue weighted by Gasteiger charge is -2.25. The van der Waals surface area contributed by atoms with Crippen LogP contribution in [-0.2, 0) is 9.59 Å². The van der Waals surface area contributed by atoms with E-state index < -0.39 is 5.92 Å². The predicted molar refractivity (Wildman–Crippen MR) is 123 cm³/mol. The Kier molecular flexibility index (Phi) is 7.26. The van der Waals surface area contributed by atoms with Crippen LogP contribution >= 0.6 is 23.4 Å². The Bertz CT molecular complexity index is 1090. The quantitative estimate of drug-likeness (QED) is 0.660. The number of anilines is 1. The molecule has 0 bridgehead atoms. The predicted octanol–water partition coefficient (Wildman–Crippen LogP) is 4.68. The smallest absolute Gasteiger partial charge is 0.234 e. The van der Waals surface area contributed by atoms with Crippen LogP contribution < -0.4 is 15.4 Å². The van der Waals surface area contributed by atoms with Crippen molar-refractivity contribution in [1.82, 2.24) is 5.32 Å². The van der Waals surface area contributed by atoms with Crippen LogP contribution in [-0.4, -0.2) is 24.7 Å². The molecule has 0 saturated heterocycles. The monoisotopic (exact) mass is 455 g/mol. The van der Waals surface area contributed by atoms with Crippen molar-refractivity contribution in [2.45, 2.75) is 26.2 Å². The van der Waals surface area contributed by atoms with Crippen LogP contribution in [0.1, 0.15) is 29.0 Å².